The normalized spacial score (nSPS) is 10.5. The van der Waals surface area contributed by atoms with Crippen molar-refractivity contribution >= 4 is 13.3 Å². The smallest absolute Gasteiger partial charge is 0.0961 e. The van der Waals surface area contributed by atoms with Crippen LogP contribution in [0.25, 0.3) is 0 Å². The summed E-state index contributed by atoms with van der Waals surface area (Å²) >= 11 is 0. The molecule has 0 saturated carbocycles. The van der Waals surface area contributed by atoms with Crippen LogP contribution in [0.4, 0.5) is 0 Å². The second-order valence-corrected chi connectivity index (χ2v) is 3.33. The average Bonchev–Trinajstić information content (AvgIpc) is 1.85. The van der Waals surface area contributed by atoms with Crippen LogP contribution in [0.15, 0.2) is 18.2 Å². The molecule has 0 nitrogen and oxygen atoms in total. The molecule has 0 spiro atoms. The Labute approximate surface area is 70.0 Å². The van der Waals surface area contributed by atoms with Gasteiger partial charge in [0.15, 0.2) is 0 Å². The summed E-state index contributed by atoms with van der Waals surface area (Å²) in [7, 11) is 5.70. The largest absolute Gasteiger partial charge is 0.113 e. The lowest BCUT2D eigenvalue weighted by Crippen LogP contribution is -2.04. The first-order valence-corrected chi connectivity index (χ1v) is 3.96. The van der Waals surface area contributed by atoms with Crippen LogP contribution in [0.3, 0.4) is 0 Å². The molecule has 0 N–H and O–H groups in total. The fraction of sp³-hybridized carbons (Fsp3) is 0.400. The van der Waals surface area contributed by atoms with Crippen LogP contribution in [0.1, 0.15) is 30.9 Å². The topological polar surface area (TPSA) is 0 Å². The van der Waals surface area contributed by atoms with Gasteiger partial charge in [-0.15, -0.1) is 0 Å². The molecule has 56 valence electrons. The van der Waals surface area contributed by atoms with Crippen molar-refractivity contribution in [2.75, 3.05) is 0 Å². The Bertz CT molecular complexity index is 231. The van der Waals surface area contributed by atoms with Crippen LogP contribution in [-0.4, -0.2) is 7.85 Å². The zero-order valence-corrected chi connectivity index (χ0v) is 7.39. The van der Waals surface area contributed by atoms with E-state index in [0.29, 0.717) is 5.92 Å². The molecule has 1 aromatic rings. The van der Waals surface area contributed by atoms with Crippen molar-refractivity contribution in [2.24, 2.45) is 0 Å². The number of benzene rings is 1. The zero-order valence-electron chi connectivity index (χ0n) is 7.39. The molecule has 1 aromatic carbocycles. The molecule has 0 saturated heterocycles. The molecular formula is C10H13B. The van der Waals surface area contributed by atoms with Gasteiger partial charge in [0.25, 0.3) is 0 Å². The molecule has 2 radical (unpaired) electrons. The lowest BCUT2D eigenvalue weighted by Gasteiger charge is -2.07. The van der Waals surface area contributed by atoms with Crippen LogP contribution in [0, 0.1) is 6.92 Å². The Kier molecular flexibility index (Phi) is 2.38. The SMILES string of the molecule is [B]c1cc(C)cc(C(C)C)c1. The van der Waals surface area contributed by atoms with Crippen LogP contribution >= 0.6 is 0 Å². The van der Waals surface area contributed by atoms with Crippen LogP contribution in [-0.2, 0) is 0 Å². The Balaban J connectivity index is 3.08. The van der Waals surface area contributed by atoms with E-state index in [-0.39, 0.29) is 0 Å². The van der Waals surface area contributed by atoms with Gasteiger partial charge in [-0.3, -0.25) is 0 Å². The van der Waals surface area contributed by atoms with Gasteiger partial charge >= 0.3 is 0 Å². The highest BCUT2D eigenvalue weighted by molar-refractivity contribution is 6.32. The van der Waals surface area contributed by atoms with Crippen molar-refractivity contribution < 1.29 is 0 Å². The van der Waals surface area contributed by atoms with Gasteiger partial charge < -0.3 is 0 Å². The molecular weight excluding hydrogens is 131 g/mol. The first-order valence-electron chi connectivity index (χ1n) is 3.96. The molecule has 0 unspecified atom stereocenters. The van der Waals surface area contributed by atoms with Crippen molar-refractivity contribution in [3.05, 3.63) is 29.3 Å². The summed E-state index contributed by atoms with van der Waals surface area (Å²) in [4.78, 5) is 0. The van der Waals surface area contributed by atoms with Gasteiger partial charge in [0.05, 0.1) is 0 Å². The van der Waals surface area contributed by atoms with Crippen molar-refractivity contribution in [2.45, 2.75) is 26.7 Å². The minimum absolute atomic E-state index is 0.567. The van der Waals surface area contributed by atoms with Crippen molar-refractivity contribution in [3.8, 4) is 0 Å². The van der Waals surface area contributed by atoms with Crippen LogP contribution in [0.5, 0.6) is 0 Å². The van der Waals surface area contributed by atoms with Gasteiger partial charge in [0.1, 0.15) is 7.85 Å². The summed E-state index contributed by atoms with van der Waals surface area (Å²) in [5.74, 6) is 0.567. The van der Waals surface area contributed by atoms with Crippen molar-refractivity contribution in [3.63, 3.8) is 0 Å². The highest BCUT2D eigenvalue weighted by Gasteiger charge is 1.98. The molecule has 0 aliphatic rings. The summed E-state index contributed by atoms with van der Waals surface area (Å²) in [6, 6.07) is 6.21. The van der Waals surface area contributed by atoms with Crippen LogP contribution < -0.4 is 5.46 Å². The zero-order chi connectivity index (χ0) is 8.43. The maximum atomic E-state index is 5.70. The Hall–Kier alpha value is -0.715. The van der Waals surface area contributed by atoms with E-state index < -0.39 is 0 Å². The standard InChI is InChI=1S/C10H13B/c1-7(2)9-4-8(3)5-10(11)6-9/h4-7H,1-3H3. The Morgan fingerprint density at radius 1 is 1.18 bits per heavy atom. The molecule has 0 amide bonds. The minimum atomic E-state index is 0.567. The predicted molar refractivity (Wildman–Crippen MR) is 50.7 cm³/mol. The quantitative estimate of drug-likeness (QED) is 0.528. The molecule has 1 rings (SSSR count). The van der Waals surface area contributed by atoms with Crippen molar-refractivity contribution in [1.29, 1.82) is 0 Å². The molecule has 0 bridgehead atoms. The van der Waals surface area contributed by atoms with Crippen molar-refractivity contribution in [1.82, 2.24) is 0 Å². The maximum absolute atomic E-state index is 5.70. The summed E-state index contributed by atoms with van der Waals surface area (Å²) in [6.07, 6.45) is 0. The highest BCUT2D eigenvalue weighted by atomic mass is 14.0. The van der Waals surface area contributed by atoms with Crippen LogP contribution in [0.2, 0.25) is 0 Å². The van der Waals surface area contributed by atoms with Gasteiger partial charge in [-0.05, 0) is 18.4 Å². The van der Waals surface area contributed by atoms with Gasteiger partial charge in [0, 0.05) is 0 Å². The van der Waals surface area contributed by atoms with E-state index in [1.165, 1.54) is 11.1 Å². The highest BCUT2D eigenvalue weighted by Crippen LogP contribution is 2.13. The molecule has 11 heavy (non-hydrogen) atoms. The summed E-state index contributed by atoms with van der Waals surface area (Å²) < 4.78 is 0. The minimum Gasteiger partial charge on any atom is -0.0961 e. The summed E-state index contributed by atoms with van der Waals surface area (Å²) in [5, 5.41) is 0. The Morgan fingerprint density at radius 3 is 2.27 bits per heavy atom. The van der Waals surface area contributed by atoms with Gasteiger partial charge in [-0.1, -0.05) is 43.1 Å². The van der Waals surface area contributed by atoms with E-state index in [2.05, 4.69) is 26.8 Å². The lowest BCUT2D eigenvalue weighted by molar-refractivity contribution is 0.866. The molecule has 0 aliphatic heterocycles. The van der Waals surface area contributed by atoms with Gasteiger partial charge in [0.2, 0.25) is 0 Å². The van der Waals surface area contributed by atoms with E-state index in [4.69, 9.17) is 7.85 Å². The molecule has 0 aliphatic carbocycles. The fourth-order valence-corrected chi connectivity index (χ4v) is 1.18. The van der Waals surface area contributed by atoms with E-state index in [9.17, 15) is 0 Å². The molecule has 0 heterocycles. The second kappa shape index (κ2) is 3.12. The number of hydrogen-bond acceptors (Lipinski definition) is 0. The summed E-state index contributed by atoms with van der Waals surface area (Å²) in [6.45, 7) is 6.42. The number of aryl methyl sites for hydroxylation is 1. The molecule has 0 atom stereocenters. The summed E-state index contributed by atoms with van der Waals surface area (Å²) in [5.41, 5.74) is 3.44. The second-order valence-electron chi connectivity index (χ2n) is 3.33. The lowest BCUT2D eigenvalue weighted by atomic mass is 9.89. The Morgan fingerprint density at radius 2 is 1.82 bits per heavy atom. The number of rotatable bonds is 1. The monoisotopic (exact) mass is 144 g/mol. The predicted octanol–water partition coefficient (Wildman–Crippen LogP) is 1.91. The average molecular weight is 144 g/mol. The third kappa shape index (κ3) is 2.11. The molecule has 1 heteroatoms. The third-order valence-electron chi connectivity index (χ3n) is 1.79. The third-order valence-corrected chi connectivity index (χ3v) is 1.79. The van der Waals surface area contributed by atoms with E-state index in [1.807, 2.05) is 12.1 Å². The van der Waals surface area contributed by atoms with E-state index >= 15 is 0 Å². The first-order chi connectivity index (χ1) is 5.09. The van der Waals surface area contributed by atoms with Gasteiger partial charge in [-0.25, -0.2) is 0 Å². The van der Waals surface area contributed by atoms with E-state index in [1.54, 1.807) is 0 Å². The van der Waals surface area contributed by atoms with Gasteiger partial charge in [-0.2, -0.15) is 0 Å². The maximum Gasteiger partial charge on any atom is 0.113 e. The first kappa shape index (κ1) is 8.38. The number of hydrogen-bond donors (Lipinski definition) is 0. The van der Waals surface area contributed by atoms with E-state index in [0.717, 1.165) is 5.46 Å². The molecule has 0 fully saturated rings. The molecule has 0 aromatic heterocycles. The fourth-order valence-electron chi connectivity index (χ4n) is 1.18.